The zero-order valence-electron chi connectivity index (χ0n) is 13.4. The molecule has 3 N–H and O–H groups in total. The number of nitrogens with two attached hydrogens (primary N) is 1. The highest BCUT2D eigenvalue weighted by atomic mass is 32.2. The summed E-state index contributed by atoms with van der Waals surface area (Å²) in [5.74, 6) is 1.25. The highest BCUT2D eigenvalue weighted by molar-refractivity contribution is 7.88. The number of nitrogens with one attached hydrogen (secondary N) is 1. The maximum atomic E-state index is 11.2. The van der Waals surface area contributed by atoms with E-state index in [1.165, 1.54) is 7.11 Å². The first kappa shape index (κ1) is 16.5. The van der Waals surface area contributed by atoms with E-state index in [-0.39, 0.29) is 12.5 Å². The molecule has 3 rings (SSSR count). The van der Waals surface area contributed by atoms with Crippen molar-refractivity contribution in [2.45, 2.75) is 19.6 Å². The maximum Gasteiger partial charge on any atom is 0.225 e. The van der Waals surface area contributed by atoms with Gasteiger partial charge in [0.05, 0.1) is 44.4 Å². The van der Waals surface area contributed by atoms with Gasteiger partial charge in [0.25, 0.3) is 0 Å². The number of anilines is 2. The topological polar surface area (TPSA) is 128 Å². The quantitative estimate of drug-likeness (QED) is 0.724. The Morgan fingerprint density at radius 2 is 2.12 bits per heavy atom. The Bertz CT molecular complexity index is 849. The van der Waals surface area contributed by atoms with Crippen LogP contribution in [-0.4, -0.2) is 48.1 Å². The van der Waals surface area contributed by atoms with Gasteiger partial charge >= 0.3 is 0 Å². The molecule has 0 amide bonds. The Hall–Kier alpha value is -2.40. The molecule has 0 fully saturated rings. The van der Waals surface area contributed by atoms with Crippen LogP contribution in [-0.2, 0) is 29.7 Å². The van der Waals surface area contributed by atoms with E-state index in [2.05, 4.69) is 19.8 Å². The van der Waals surface area contributed by atoms with Crippen molar-refractivity contribution in [2.24, 2.45) is 0 Å². The average molecular weight is 353 g/mol. The zero-order valence-corrected chi connectivity index (χ0v) is 14.2. The minimum absolute atomic E-state index is 0.154. The molecule has 0 spiro atoms. The maximum absolute atomic E-state index is 11.2. The molecule has 10 nitrogen and oxygen atoms in total. The Morgan fingerprint density at radius 3 is 2.83 bits per heavy atom. The number of nitrogen functional groups attached to an aromatic ring is 1. The smallest absolute Gasteiger partial charge is 0.225 e. The van der Waals surface area contributed by atoms with Crippen LogP contribution in [0.1, 0.15) is 11.4 Å². The van der Waals surface area contributed by atoms with Crippen molar-refractivity contribution < 1.29 is 13.2 Å². The number of fused-ring (bicyclic) bond motifs is 1. The third kappa shape index (κ3) is 3.74. The van der Waals surface area contributed by atoms with Gasteiger partial charge in [-0.2, -0.15) is 15.1 Å². The molecule has 24 heavy (non-hydrogen) atoms. The normalized spacial score (nSPS) is 14.5. The lowest BCUT2D eigenvalue weighted by Crippen LogP contribution is -2.34. The van der Waals surface area contributed by atoms with E-state index in [1.54, 1.807) is 6.07 Å². The minimum atomic E-state index is -3.24. The Morgan fingerprint density at radius 1 is 1.33 bits per heavy atom. The molecule has 0 aromatic carbocycles. The first-order valence-corrected chi connectivity index (χ1v) is 9.17. The predicted octanol–water partition coefficient (Wildman–Crippen LogP) is -0.667. The molecule has 3 heterocycles. The SMILES string of the molecule is COc1cc(N2CCn3nc(CNS(C)(=O)=O)cc3C2)nc(N)n1. The summed E-state index contributed by atoms with van der Waals surface area (Å²) in [7, 11) is -1.72. The summed E-state index contributed by atoms with van der Waals surface area (Å²) in [6.07, 6.45) is 1.12. The van der Waals surface area contributed by atoms with Gasteiger partial charge in [0.15, 0.2) is 0 Å². The van der Waals surface area contributed by atoms with Gasteiger partial charge < -0.3 is 15.4 Å². The van der Waals surface area contributed by atoms with Crippen LogP contribution < -0.4 is 20.1 Å². The van der Waals surface area contributed by atoms with E-state index in [0.717, 1.165) is 11.9 Å². The first-order valence-electron chi connectivity index (χ1n) is 7.28. The second kappa shape index (κ2) is 6.24. The summed E-state index contributed by atoms with van der Waals surface area (Å²) in [5.41, 5.74) is 7.36. The molecule has 1 aliphatic heterocycles. The lowest BCUT2D eigenvalue weighted by molar-refractivity contribution is 0.397. The highest BCUT2D eigenvalue weighted by Crippen LogP contribution is 2.23. The molecule has 0 atom stereocenters. The van der Waals surface area contributed by atoms with Crippen molar-refractivity contribution in [2.75, 3.05) is 30.5 Å². The number of nitrogens with zero attached hydrogens (tertiary/aromatic N) is 5. The molecule has 130 valence electrons. The standard InChI is InChI=1S/C13H19N7O3S/c1-23-12-6-11(16-13(14)17-12)19-3-4-20-10(8-19)5-9(18-20)7-15-24(2,21)22/h5-6,15H,3-4,7-8H2,1-2H3,(H2,14,16,17). The molecule has 0 radical (unpaired) electrons. The fraction of sp³-hybridized carbons (Fsp3) is 0.462. The first-order chi connectivity index (χ1) is 11.3. The second-order valence-electron chi connectivity index (χ2n) is 5.49. The molecule has 1 aliphatic rings. The van der Waals surface area contributed by atoms with Gasteiger partial charge in [-0.15, -0.1) is 0 Å². The van der Waals surface area contributed by atoms with Crippen LogP contribution in [0.5, 0.6) is 5.88 Å². The average Bonchev–Trinajstić information content (AvgIpc) is 2.93. The molecule has 0 saturated carbocycles. The fourth-order valence-electron chi connectivity index (χ4n) is 2.51. The number of hydrogen-bond donors (Lipinski definition) is 2. The number of ether oxygens (including phenoxy) is 1. The Balaban J connectivity index is 1.77. The lowest BCUT2D eigenvalue weighted by atomic mass is 10.3. The molecule has 0 saturated heterocycles. The highest BCUT2D eigenvalue weighted by Gasteiger charge is 2.21. The van der Waals surface area contributed by atoms with E-state index in [0.29, 0.717) is 37.0 Å². The molecule has 2 aromatic rings. The fourth-order valence-corrected chi connectivity index (χ4v) is 2.92. The van der Waals surface area contributed by atoms with Crippen LogP contribution in [0.2, 0.25) is 0 Å². The van der Waals surface area contributed by atoms with Crippen LogP contribution in [0.4, 0.5) is 11.8 Å². The number of rotatable bonds is 5. The van der Waals surface area contributed by atoms with Gasteiger partial charge in [-0.05, 0) is 6.07 Å². The van der Waals surface area contributed by atoms with Crippen molar-refractivity contribution in [3.63, 3.8) is 0 Å². The zero-order chi connectivity index (χ0) is 17.3. The van der Waals surface area contributed by atoms with Crippen LogP contribution in [0, 0.1) is 0 Å². The van der Waals surface area contributed by atoms with Gasteiger partial charge in [0, 0.05) is 12.6 Å². The second-order valence-corrected chi connectivity index (χ2v) is 7.32. The Labute approximate surface area is 139 Å². The van der Waals surface area contributed by atoms with Gasteiger partial charge in [-0.3, -0.25) is 4.68 Å². The van der Waals surface area contributed by atoms with Crippen molar-refractivity contribution in [3.05, 3.63) is 23.5 Å². The van der Waals surface area contributed by atoms with Crippen LogP contribution in [0.3, 0.4) is 0 Å². The molecular weight excluding hydrogens is 334 g/mol. The summed E-state index contributed by atoms with van der Waals surface area (Å²) in [6, 6.07) is 3.61. The molecule has 0 unspecified atom stereocenters. The number of sulfonamides is 1. The minimum Gasteiger partial charge on any atom is -0.481 e. The summed E-state index contributed by atoms with van der Waals surface area (Å²) in [5, 5.41) is 4.41. The Kier molecular flexibility index (Phi) is 4.28. The van der Waals surface area contributed by atoms with Crippen molar-refractivity contribution in [3.8, 4) is 5.88 Å². The van der Waals surface area contributed by atoms with Crippen molar-refractivity contribution in [1.82, 2.24) is 24.5 Å². The van der Waals surface area contributed by atoms with E-state index in [9.17, 15) is 8.42 Å². The van der Waals surface area contributed by atoms with E-state index >= 15 is 0 Å². The van der Waals surface area contributed by atoms with Gasteiger partial charge in [-0.25, -0.2) is 13.1 Å². The van der Waals surface area contributed by atoms with Crippen molar-refractivity contribution in [1.29, 1.82) is 0 Å². The number of methoxy groups -OCH3 is 1. The van der Waals surface area contributed by atoms with Gasteiger partial charge in [0.1, 0.15) is 5.82 Å². The molecule has 0 aliphatic carbocycles. The molecule has 11 heteroatoms. The summed E-state index contributed by atoms with van der Waals surface area (Å²) >= 11 is 0. The number of aromatic nitrogens is 4. The summed E-state index contributed by atoms with van der Waals surface area (Å²) < 4.78 is 31.8. The third-order valence-corrected chi connectivity index (χ3v) is 4.27. The van der Waals surface area contributed by atoms with Gasteiger partial charge in [0.2, 0.25) is 21.9 Å². The lowest BCUT2D eigenvalue weighted by Gasteiger charge is -2.28. The summed E-state index contributed by atoms with van der Waals surface area (Å²) in [4.78, 5) is 10.3. The number of hydrogen-bond acceptors (Lipinski definition) is 8. The van der Waals surface area contributed by atoms with Crippen LogP contribution in [0.25, 0.3) is 0 Å². The predicted molar refractivity (Wildman–Crippen MR) is 88.0 cm³/mol. The van der Waals surface area contributed by atoms with E-state index < -0.39 is 10.0 Å². The summed E-state index contributed by atoms with van der Waals surface area (Å²) in [6.45, 7) is 2.13. The third-order valence-electron chi connectivity index (χ3n) is 3.60. The molecule has 0 bridgehead atoms. The van der Waals surface area contributed by atoms with Gasteiger partial charge in [-0.1, -0.05) is 0 Å². The van der Waals surface area contributed by atoms with Crippen molar-refractivity contribution >= 4 is 21.8 Å². The van der Waals surface area contributed by atoms with Crippen LogP contribution >= 0.6 is 0 Å². The monoisotopic (exact) mass is 353 g/mol. The molecular formula is C13H19N7O3S. The van der Waals surface area contributed by atoms with E-state index in [4.69, 9.17) is 10.5 Å². The largest absolute Gasteiger partial charge is 0.481 e. The van der Waals surface area contributed by atoms with Crippen LogP contribution in [0.15, 0.2) is 12.1 Å². The van der Waals surface area contributed by atoms with E-state index in [1.807, 2.05) is 15.6 Å². The molecule has 2 aromatic heterocycles.